The van der Waals surface area contributed by atoms with Gasteiger partial charge in [0.25, 0.3) is 0 Å². The lowest BCUT2D eigenvalue weighted by molar-refractivity contribution is 0.438. The highest BCUT2D eigenvalue weighted by Gasteiger charge is 1.92. The average Bonchev–Trinajstić information content (AvgIpc) is 1.93. The second-order valence-corrected chi connectivity index (χ2v) is 2.36. The average molecular weight is 173 g/mol. The number of hydrogen-bond donors (Lipinski definition) is 1. The SMILES string of the molecule is O=S([O-])Oc1ccc(O)cc1. The van der Waals surface area contributed by atoms with Crippen LogP contribution in [0, 0.1) is 0 Å². The Morgan fingerprint density at radius 2 is 1.91 bits per heavy atom. The zero-order valence-electron chi connectivity index (χ0n) is 5.39. The first-order chi connectivity index (χ1) is 5.18. The predicted octanol–water partition coefficient (Wildman–Crippen LogP) is 0.565. The fourth-order valence-corrected chi connectivity index (χ4v) is 0.849. The lowest BCUT2D eigenvalue weighted by Crippen LogP contribution is -1.96. The third-order valence-electron chi connectivity index (χ3n) is 1.00. The molecule has 1 aromatic carbocycles. The Labute approximate surface area is 65.9 Å². The molecule has 0 aliphatic rings. The van der Waals surface area contributed by atoms with Crippen LogP contribution in [0.3, 0.4) is 0 Å². The van der Waals surface area contributed by atoms with E-state index in [4.69, 9.17) is 5.11 Å². The minimum atomic E-state index is -2.55. The molecule has 0 aliphatic carbocycles. The van der Waals surface area contributed by atoms with E-state index >= 15 is 0 Å². The molecule has 0 aromatic heterocycles. The predicted molar refractivity (Wildman–Crippen MR) is 37.7 cm³/mol. The standard InChI is InChI=1S/C6H6O4S/c7-5-1-3-6(4-2-5)10-11(8)9/h1-4,7H,(H,8,9)/p-1. The molecule has 1 aromatic rings. The zero-order valence-corrected chi connectivity index (χ0v) is 6.21. The summed E-state index contributed by atoms with van der Waals surface area (Å²) < 4.78 is 24.2. The molecular weight excluding hydrogens is 168 g/mol. The van der Waals surface area contributed by atoms with Gasteiger partial charge in [0.2, 0.25) is 0 Å². The molecule has 0 spiro atoms. The Hall–Kier alpha value is -1.07. The summed E-state index contributed by atoms with van der Waals surface area (Å²) in [5.41, 5.74) is 0. The molecule has 60 valence electrons. The minimum Gasteiger partial charge on any atom is -0.740 e. The molecule has 0 fully saturated rings. The van der Waals surface area contributed by atoms with Gasteiger partial charge in [0.1, 0.15) is 22.9 Å². The summed E-state index contributed by atoms with van der Waals surface area (Å²) in [6, 6.07) is 5.38. The van der Waals surface area contributed by atoms with Crippen molar-refractivity contribution in [3.05, 3.63) is 24.3 Å². The summed E-state index contributed by atoms with van der Waals surface area (Å²) in [7, 11) is 0. The summed E-state index contributed by atoms with van der Waals surface area (Å²) in [5, 5.41) is 8.78. The van der Waals surface area contributed by atoms with Crippen molar-refractivity contribution in [3.63, 3.8) is 0 Å². The van der Waals surface area contributed by atoms with E-state index in [2.05, 4.69) is 4.18 Å². The van der Waals surface area contributed by atoms with Crippen molar-refractivity contribution in [2.24, 2.45) is 0 Å². The fourth-order valence-electron chi connectivity index (χ4n) is 0.580. The third kappa shape index (κ3) is 2.57. The maximum absolute atomic E-state index is 9.97. The summed E-state index contributed by atoms with van der Waals surface area (Å²) >= 11 is -2.55. The normalized spacial score (nSPS) is 12.5. The van der Waals surface area contributed by atoms with Crippen molar-refractivity contribution in [2.45, 2.75) is 0 Å². The van der Waals surface area contributed by atoms with Gasteiger partial charge in [0, 0.05) is 0 Å². The minimum absolute atomic E-state index is 0.0639. The van der Waals surface area contributed by atoms with E-state index in [1.54, 1.807) is 0 Å². The molecule has 0 amide bonds. The Morgan fingerprint density at radius 1 is 1.36 bits per heavy atom. The van der Waals surface area contributed by atoms with E-state index in [0.29, 0.717) is 0 Å². The van der Waals surface area contributed by atoms with Crippen molar-refractivity contribution in [3.8, 4) is 11.5 Å². The van der Waals surface area contributed by atoms with Crippen LogP contribution in [0.4, 0.5) is 0 Å². The second-order valence-electron chi connectivity index (χ2n) is 1.78. The van der Waals surface area contributed by atoms with Crippen molar-refractivity contribution >= 4 is 11.4 Å². The van der Waals surface area contributed by atoms with Crippen molar-refractivity contribution in [2.75, 3.05) is 0 Å². The van der Waals surface area contributed by atoms with Crippen molar-refractivity contribution in [1.82, 2.24) is 0 Å². The Bertz CT molecular complexity index is 256. The van der Waals surface area contributed by atoms with Crippen LogP contribution < -0.4 is 4.18 Å². The van der Waals surface area contributed by atoms with Crippen LogP contribution in [0.1, 0.15) is 0 Å². The molecule has 1 rings (SSSR count). The fraction of sp³-hybridized carbons (Fsp3) is 0. The zero-order chi connectivity index (χ0) is 8.27. The molecule has 1 unspecified atom stereocenters. The topological polar surface area (TPSA) is 69.6 Å². The molecule has 0 saturated heterocycles. The van der Waals surface area contributed by atoms with Crippen LogP contribution in [0.25, 0.3) is 0 Å². The van der Waals surface area contributed by atoms with Gasteiger partial charge >= 0.3 is 0 Å². The molecule has 4 nitrogen and oxygen atoms in total. The van der Waals surface area contributed by atoms with Gasteiger partial charge in [-0.1, -0.05) is 0 Å². The Balaban J connectivity index is 2.74. The third-order valence-corrected chi connectivity index (χ3v) is 1.33. The molecule has 0 heterocycles. The number of phenolic OH excluding ortho intramolecular Hbond substituents is 1. The molecule has 0 radical (unpaired) electrons. The smallest absolute Gasteiger partial charge is 0.139 e. The monoisotopic (exact) mass is 173 g/mol. The first-order valence-electron chi connectivity index (χ1n) is 2.75. The van der Waals surface area contributed by atoms with E-state index < -0.39 is 11.4 Å². The summed E-state index contributed by atoms with van der Waals surface area (Å²) in [6.07, 6.45) is 0. The van der Waals surface area contributed by atoms with Gasteiger partial charge < -0.3 is 13.8 Å². The Morgan fingerprint density at radius 3 is 2.36 bits per heavy atom. The number of aromatic hydroxyl groups is 1. The van der Waals surface area contributed by atoms with Gasteiger partial charge in [-0.15, -0.1) is 0 Å². The molecule has 11 heavy (non-hydrogen) atoms. The van der Waals surface area contributed by atoms with Crippen molar-refractivity contribution < 1.29 is 18.1 Å². The maximum Gasteiger partial charge on any atom is 0.139 e. The van der Waals surface area contributed by atoms with E-state index in [9.17, 15) is 8.76 Å². The van der Waals surface area contributed by atoms with E-state index in [1.807, 2.05) is 0 Å². The van der Waals surface area contributed by atoms with E-state index in [-0.39, 0.29) is 11.5 Å². The first-order valence-corrected chi connectivity index (χ1v) is 3.75. The van der Waals surface area contributed by atoms with Crippen LogP contribution in [0.2, 0.25) is 0 Å². The molecule has 0 aliphatic heterocycles. The van der Waals surface area contributed by atoms with Crippen LogP contribution in [0.5, 0.6) is 11.5 Å². The number of phenols is 1. The summed E-state index contributed by atoms with van der Waals surface area (Å²) in [6.45, 7) is 0. The maximum atomic E-state index is 9.97. The second kappa shape index (κ2) is 3.36. The summed E-state index contributed by atoms with van der Waals surface area (Å²) in [4.78, 5) is 0. The van der Waals surface area contributed by atoms with Crippen molar-refractivity contribution in [1.29, 1.82) is 0 Å². The van der Waals surface area contributed by atoms with Crippen LogP contribution in [-0.4, -0.2) is 13.9 Å². The largest absolute Gasteiger partial charge is 0.740 e. The highest BCUT2D eigenvalue weighted by Crippen LogP contribution is 2.15. The van der Waals surface area contributed by atoms with Crippen LogP contribution in [-0.2, 0) is 11.4 Å². The quantitative estimate of drug-likeness (QED) is 0.663. The van der Waals surface area contributed by atoms with Crippen LogP contribution in [0.15, 0.2) is 24.3 Å². The van der Waals surface area contributed by atoms with E-state index in [0.717, 1.165) is 0 Å². The lowest BCUT2D eigenvalue weighted by Gasteiger charge is -2.05. The Kier molecular flexibility index (Phi) is 2.45. The first kappa shape index (κ1) is 8.03. The number of hydrogen-bond acceptors (Lipinski definition) is 4. The van der Waals surface area contributed by atoms with Gasteiger partial charge in [-0.2, -0.15) is 0 Å². The van der Waals surface area contributed by atoms with Gasteiger partial charge in [-0.05, 0) is 24.3 Å². The van der Waals surface area contributed by atoms with Crippen LogP contribution >= 0.6 is 0 Å². The van der Waals surface area contributed by atoms with Gasteiger partial charge in [-0.25, -0.2) is 4.21 Å². The lowest BCUT2D eigenvalue weighted by atomic mass is 10.3. The van der Waals surface area contributed by atoms with Gasteiger partial charge in [-0.3, -0.25) is 0 Å². The molecular formula is C6H5O4S-. The highest BCUT2D eigenvalue weighted by molar-refractivity contribution is 7.74. The number of benzene rings is 1. The molecule has 5 heteroatoms. The molecule has 0 saturated carbocycles. The molecule has 0 bridgehead atoms. The summed E-state index contributed by atoms with van der Waals surface area (Å²) in [5.74, 6) is 0.241. The van der Waals surface area contributed by atoms with E-state index in [1.165, 1.54) is 24.3 Å². The molecule has 1 atom stereocenters. The van der Waals surface area contributed by atoms with Gasteiger partial charge in [0.05, 0.1) is 0 Å². The number of rotatable bonds is 2. The molecule has 1 N–H and O–H groups in total. The van der Waals surface area contributed by atoms with Gasteiger partial charge in [0.15, 0.2) is 0 Å². The highest BCUT2D eigenvalue weighted by atomic mass is 32.2.